The molecule has 0 aromatic rings. The monoisotopic (exact) mass is 166 g/mol. The summed E-state index contributed by atoms with van der Waals surface area (Å²) in [5.74, 6) is 2.76. The zero-order valence-electron chi connectivity index (χ0n) is 6.03. The molecule has 0 aliphatic rings. The smallest absolute Gasteiger partial charge is 0.403 e. The van der Waals surface area contributed by atoms with Crippen LogP contribution >= 0.6 is 0 Å². The van der Waals surface area contributed by atoms with Crippen LogP contribution in [0.25, 0.3) is 0 Å². The molecule has 62 valence electrons. The van der Waals surface area contributed by atoms with E-state index in [0.717, 1.165) is 5.92 Å². The van der Waals surface area contributed by atoms with Gasteiger partial charge in [-0.3, -0.25) is 0 Å². The van der Waals surface area contributed by atoms with Crippen LogP contribution in [0.15, 0.2) is 0 Å². The van der Waals surface area contributed by atoms with Crippen LogP contribution in [-0.2, 0) is 9.31 Å². The normalized spacial score (nSPS) is 10.3. The van der Waals surface area contributed by atoms with Gasteiger partial charge in [0.25, 0.3) is 0 Å². The molecule has 0 radical (unpaired) electrons. The van der Waals surface area contributed by atoms with E-state index in [1.807, 2.05) is 0 Å². The molecule has 11 heavy (non-hydrogen) atoms. The van der Waals surface area contributed by atoms with E-state index in [0.29, 0.717) is 0 Å². The van der Waals surface area contributed by atoms with Crippen LogP contribution in [0.5, 0.6) is 0 Å². The molecule has 0 rings (SSSR count). The molecule has 0 aromatic heterocycles. The van der Waals surface area contributed by atoms with Crippen LogP contribution in [0.4, 0.5) is 13.2 Å². The zero-order chi connectivity index (χ0) is 8.91. The maximum Gasteiger partial charge on any atom is 0.549 e. The highest BCUT2D eigenvalue weighted by Gasteiger charge is 2.24. The summed E-state index contributed by atoms with van der Waals surface area (Å²) in [5.41, 5.74) is 0. The maximum absolute atomic E-state index is 11.4. The van der Waals surface area contributed by atoms with Crippen molar-refractivity contribution in [1.29, 1.82) is 0 Å². The number of hydrogen-bond donors (Lipinski definition) is 0. The minimum atomic E-state index is -4.49. The molecule has 0 aromatic carbocycles. The van der Waals surface area contributed by atoms with Crippen molar-refractivity contribution in [3.63, 3.8) is 0 Å². The standard InChI is InChI=1S/C5H6BF3O2/c1-10-6(11-2)4-3-5(7,8)9/h1-2H3. The van der Waals surface area contributed by atoms with Crippen LogP contribution in [0.3, 0.4) is 0 Å². The SMILES string of the molecule is COB(C#CC(F)(F)F)OC. The van der Waals surface area contributed by atoms with Gasteiger partial charge in [-0.25, -0.2) is 0 Å². The molecule has 2 nitrogen and oxygen atoms in total. The molecule has 0 spiro atoms. The highest BCUT2D eigenvalue weighted by Crippen LogP contribution is 2.11. The minimum Gasteiger partial charge on any atom is -0.403 e. The highest BCUT2D eigenvalue weighted by atomic mass is 19.4. The van der Waals surface area contributed by atoms with Crippen molar-refractivity contribution in [1.82, 2.24) is 0 Å². The van der Waals surface area contributed by atoms with Crippen molar-refractivity contribution in [3.05, 3.63) is 0 Å². The molecule has 0 heterocycles. The van der Waals surface area contributed by atoms with Crippen LogP contribution in [0, 0.1) is 11.7 Å². The number of alkyl halides is 3. The second kappa shape index (κ2) is 4.26. The van der Waals surface area contributed by atoms with Gasteiger partial charge in [0.2, 0.25) is 0 Å². The average molecular weight is 166 g/mol. The van der Waals surface area contributed by atoms with Crippen LogP contribution in [0.2, 0.25) is 0 Å². The quantitative estimate of drug-likeness (QED) is 0.447. The van der Waals surface area contributed by atoms with Gasteiger partial charge >= 0.3 is 13.3 Å². The minimum absolute atomic E-state index is 1.02. The van der Waals surface area contributed by atoms with Gasteiger partial charge in [0, 0.05) is 20.1 Å². The van der Waals surface area contributed by atoms with Gasteiger partial charge in [0.1, 0.15) is 0 Å². The van der Waals surface area contributed by atoms with Gasteiger partial charge in [0.05, 0.1) is 0 Å². The summed E-state index contributed by atoms with van der Waals surface area (Å²) in [6, 6.07) is 0. The predicted molar refractivity (Wildman–Crippen MR) is 33.6 cm³/mol. The first-order chi connectivity index (χ1) is 4.99. The van der Waals surface area contributed by atoms with Crippen LogP contribution in [-0.4, -0.2) is 27.5 Å². The molecular weight excluding hydrogens is 160 g/mol. The molecule has 0 aliphatic carbocycles. The second-order valence-corrected chi connectivity index (χ2v) is 1.57. The Morgan fingerprint density at radius 1 is 1.18 bits per heavy atom. The van der Waals surface area contributed by atoms with Crippen molar-refractivity contribution < 1.29 is 22.5 Å². The summed E-state index contributed by atoms with van der Waals surface area (Å²) in [6.07, 6.45) is -4.49. The fourth-order valence-corrected chi connectivity index (χ4v) is 0.355. The third-order valence-electron chi connectivity index (χ3n) is 0.760. The molecule has 0 amide bonds. The Hall–Kier alpha value is -0.665. The summed E-state index contributed by atoms with van der Waals surface area (Å²) < 4.78 is 43.0. The predicted octanol–water partition coefficient (Wildman–Crippen LogP) is 0.872. The van der Waals surface area contributed by atoms with Crippen LogP contribution in [0.1, 0.15) is 0 Å². The fourth-order valence-electron chi connectivity index (χ4n) is 0.355. The largest absolute Gasteiger partial charge is 0.549 e. The lowest BCUT2D eigenvalue weighted by Crippen LogP contribution is -2.18. The lowest BCUT2D eigenvalue weighted by molar-refractivity contribution is -0.0696. The van der Waals surface area contributed by atoms with Crippen molar-refractivity contribution in [3.8, 4) is 11.7 Å². The van der Waals surface area contributed by atoms with Crippen molar-refractivity contribution >= 4 is 7.12 Å². The summed E-state index contributed by atoms with van der Waals surface area (Å²) in [6.45, 7) is 0. The summed E-state index contributed by atoms with van der Waals surface area (Å²) >= 11 is 0. The maximum atomic E-state index is 11.4. The molecule has 0 unspecified atom stereocenters. The number of halogens is 3. The number of hydrogen-bond acceptors (Lipinski definition) is 2. The third kappa shape index (κ3) is 5.76. The Kier molecular flexibility index (Phi) is 4.00. The molecule has 6 heteroatoms. The highest BCUT2D eigenvalue weighted by molar-refractivity contribution is 6.54. The van der Waals surface area contributed by atoms with Crippen LogP contribution < -0.4 is 0 Å². The topological polar surface area (TPSA) is 18.5 Å². The lowest BCUT2D eigenvalue weighted by Gasteiger charge is -1.98. The average Bonchev–Trinajstić information content (AvgIpc) is 1.88. The Morgan fingerprint density at radius 3 is 1.91 bits per heavy atom. The molecular formula is C5H6BF3O2. The van der Waals surface area contributed by atoms with Gasteiger partial charge in [-0.2, -0.15) is 13.2 Å². The summed E-state index contributed by atoms with van der Waals surface area (Å²) in [4.78, 5) is 0. The zero-order valence-corrected chi connectivity index (χ0v) is 6.03. The van der Waals surface area contributed by atoms with E-state index in [2.05, 4.69) is 9.31 Å². The first-order valence-corrected chi connectivity index (χ1v) is 2.64. The van der Waals surface area contributed by atoms with E-state index >= 15 is 0 Å². The van der Waals surface area contributed by atoms with Crippen molar-refractivity contribution in [2.75, 3.05) is 14.2 Å². The molecule has 0 saturated carbocycles. The molecule has 0 N–H and O–H groups in total. The third-order valence-corrected chi connectivity index (χ3v) is 0.760. The van der Waals surface area contributed by atoms with E-state index in [1.165, 1.54) is 14.2 Å². The van der Waals surface area contributed by atoms with E-state index in [4.69, 9.17) is 0 Å². The Labute approximate surface area is 62.8 Å². The van der Waals surface area contributed by atoms with Crippen molar-refractivity contribution in [2.45, 2.75) is 6.18 Å². The van der Waals surface area contributed by atoms with Gasteiger partial charge < -0.3 is 9.31 Å². The molecule has 0 fully saturated rings. The molecule has 0 saturated heterocycles. The van der Waals surface area contributed by atoms with Gasteiger partial charge in [-0.05, 0) is 0 Å². The van der Waals surface area contributed by atoms with Crippen molar-refractivity contribution in [2.24, 2.45) is 0 Å². The van der Waals surface area contributed by atoms with Gasteiger partial charge in [-0.1, -0.05) is 5.82 Å². The molecule has 0 bridgehead atoms. The Bertz CT molecular complexity index is 165. The van der Waals surface area contributed by atoms with E-state index in [-0.39, 0.29) is 0 Å². The second-order valence-electron chi connectivity index (χ2n) is 1.57. The summed E-state index contributed by atoms with van der Waals surface area (Å²) in [7, 11) is 1.30. The lowest BCUT2D eigenvalue weighted by atomic mass is 9.92. The fraction of sp³-hybridized carbons (Fsp3) is 0.600. The number of rotatable bonds is 2. The Morgan fingerprint density at radius 2 is 1.64 bits per heavy atom. The Balaban J connectivity index is 4.04. The summed E-state index contributed by atoms with van der Waals surface area (Å²) in [5, 5.41) is 0. The van der Waals surface area contributed by atoms with Gasteiger partial charge in [-0.15, -0.1) is 0 Å². The van der Waals surface area contributed by atoms with E-state index in [1.54, 1.807) is 5.82 Å². The van der Waals surface area contributed by atoms with Gasteiger partial charge in [0.15, 0.2) is 0 Å². The van der Waals surface area contributed by atoms with E-state index in [9.17, 15) is 13.2 Å². The van der Waals surface area contributed by atoms with E-state index < -0.39 is 13.3 Å². The molecule has 0 aliphatic heterocycles. The first-order valence-electron chi connectivity index (χ1n) is 2.64. The molecule has 0 atom stereocenters. The first kappa shape index (κ1) is 10.3.